The van der Waals surface area contributed by atoms with Gasteiger partial charge < -0.3 is 9.42 Å². The third kappa shape index (κ3) is 3.91. The van der Waals surface area contributed by atoms with Gasteiger partial charge in [0.2, 0.25) is 0 Å². The summed E-state index contributed by atoms with van der Waals surface area (Å²) in [4.78, 5) is 19.8. The largest absolute Gasteiger partial charge is 0.424 e. The lowest BCUT2D eigenvalue weighted by Crippen LogP contribution is -1.96. The summed E-state index contributed by atoms with van der Waals surface area (Å²) in [5.41, 5.74) is 0.433. The van der Waals surface area contributed by atoms with Crippen LogP contribution in [0.15, 0.2) is 54.6 Å². The molecule has 0 aliphatic carbocycles. The van der Waals surface area contributed by atoms with Crippen LogP contribution in [0, 0.1) is 10.1 Å². The summed E-state index contributed by atoms with van der Waals surface area (Å²) in [6.45, 7) is 0. The second kappa shape index (κ2) is 5.86. The number of hydrogen-bond donors (Lipinski definition) is 1. The molecular weight excluding hydrogens is 281 g/mol. The topological polar surface area (TPSA) is 89.7 Å². The van der Waals surface area contributed by atoms with Crippen LogP contribution >= 0.6 is 7.60 Å². The number of benzene rings is 2. The Bertz CT molecular complexity index is 642. The maximum absolute atomic E-state index is 12.0. The average molecular weight is 293 g/mol. The minimum Gasteiger partial charge on any atom is -0.424 e. The average Bonchev–Trinajstić information content (AvgIpc) is 2.39. The molecule has 1 N–H and O–H groups in total. The zero-order valence-electron chi connectivity index (χ0n) is 10.4. The van der Waals surface area contributed by atoms with Crippen molar-refractivity contribution in [2.75, 3.05) is 0 Å². The summed E-state index contributed by atoms with van der Waals surface area (Å²) >= 11 is 0. The lowest BCUT2D eigenvalue weighted by Gasteiger charge is -2.13. The van der Waals surface area contributed by atoms with E-state index >= 15 is 0 Å². The highest BCUT2D eigenvalue weighted by molar-refractivity contribution is 7.52. The molecule has 0 aliphatic rings. The van der Waals surface area contributed by atoms with E-state index in [9.17, 15) is 19.6 Å². The molecule has 0 aromatic heterocycles. The molecule has 0 radical (unpaired) electrons. The summed E-state index contributed by atoms with van der Waals surface area (Å²) in [7, 11) is -3.85. The van der Waals surface area contributed by atoms with Crippen LogP contribution in [0.25, 0.3) is 0 Å². The van der Waals surface area contributed by atoms with Crippen molar-refractivity contribution in [2.24, 2.45) is 0 Å². The van der Waals surface area contributed by atoms with Crippen molar-refractivity contribution >= 4 is 13.3 Å². The van der Waals surface area contributed by atoms with E-state index in [-0.39, 0.29) is 11.8 Å². The standard InChI is InChI=1S/C13H12NO5P/c15-14(16)12-8-6-11(7-9-12)10-20(17,18)19-13-4-2-1-3-5-13/h1-9H,10H2,(H,17,18). The van der Waals surface area contributed by atoms with Gasteiger partial charge in [0.05, 0.1) is 11.1 Å². The van der Waals surface area contributed by atoms with Crippen molar-refractivity contribution in [3.63, 3.8) is 0 Å². The Kier molecular flexibility index (Phi) is 4.17. The van der Waals surface area contributed by atoms with Gasteiger partial charge in [0, 0.05) is 12.1 Å². The molecule has 1 unspecified atom stereocenters. The van der Waals surface area contributed by atoms with Crippen LogP contribution in [-0.4, -0.2) is 9.82 Å². The molecule has 2 rings (SSSR count). The Balaban J connectivity index is 2.08. The van der Waals surface area contributed by atoms with Gasteiger partial charge in [-0.1, -0.05) is 30.3 Å². The first-order chi connectivity index (χ1) is 9.46. The van der Waals surface area contributed by atoms with Gasteiger partial charge in [-0.25, -0.2) is 4.57 Å². The van der Waals surface area contributed by atoms with Crippen molar-refractivity contribution in [2.45, 2.75) is 6.16 Å². The number of nitro groups is 1. The molecule has 0 bridgehead atoms. The van der Waals surface area contributed by atoms with E-state index in [1.54, 1.807) is 30.3 Å². The third-order valence-electron chi connectivity index (χ3n) is 2.52. The molecule has 104 valence electrons. The Morgan fingerprint density at radius 3 is 2.25 bits per heavy atom. The monoisotopic (exact) mass is 293 g/mol. The van der Waals surface area contributed by atoms with Crippen molar-refractivity contribution < 1.29 is 18.9 Å². The van der Waals surface area contributed by atoms with Crippen molar-refractivity contribution in [1.29, 1.82) is 0 Å². The van der Waals surface area contributed by atoms with Crippen molar-refractivity contribution in [1.82, 2.24) is 0 Å². The SMILES string of the molecule is O=[N+]([O-])c1ccc(CP(=O)(O)Oc2ccccc2)cc1. The van der Waals surface area contributed by atoms with E-state index in [0.29, 0.717) is 11.3 Å². The van der Waals surface area contributed by atoms with E-state index in [4.69, 9.17) is 4.52 Å². The van der Waals surface area contributed by atoms with Gasteiger partial charge in [-0.3, -0.25) is 10.1 Å². The van der Waals surface area contributed by atoms with Crippen LogP contribution in [0.4, 0.5) is 5.69 Å². The second-order valence-corrected chi connectivity index (χ2v) is 5.90. The van der Waals surface area contributed by atoms with Crippen LogP contribution in [0.5, 0.6) is 5.75 Å². The molecule has 0 fully saturated rings. The van der Waals surface area contributed by atoms with Gasteiger partial charge in [-0.15, -0.1) is 0 Å². The first-order valence-corrected chi connectivity index (χ1v) is 7.52. The van der Waals surface area contributed by atoms with Crippen LogP contribution in [0.2, 0.25) is 0 Å². The first kappa shape index (κ1) is 14.2. The molecule has 2 aromatic rings. The van der Waals surface area contributed by atoms with Gasteiger partial charge in [-0.2, -0.15) is 0 Å². The van der Waals surface area contributed by atoms with Gasteiger partial charge in [-0.05, 0) is 17.7 Å². The number of hydrogen-bond acceptors (Lipinski definition) is 4. The molecule has 0 saturated heterocycles. The molecule has 0 amide bonds. The minimum atomic E-state index is -3.85. The van der Waals surface area contributed by atoms with E-state index in [2.05, 4.69) is 0 Å². The quantitative estimate of drug-likeness (QED) is 0.518. The Hall–Kier alpha value is -2.17. The molecule has 0 spiro atoms. The van der Waals surface area contributed by atoms with Gasteiger partial charge in [0.15, 0.2) is 0 Å². The maximum Gasteiger partial charge on any atom is 0.380 e. The number of para-hydroxylation sites is 1. The van der Waals surface area contributed by atoms with Crippen LogP contribution < -0.4 is 4.52 Å². The maximum atomic E-state index is 12.0. The van der Waals surface area contributed by atoms with Gasteiger partial charge in [0.1, 0.15) is 5.75 Å². The summed E-state index contributed by atoms with van der Waals surface area (Å²) in [5, 5.41) is 10.5. The number of non-ortho nitro benzene ring substituents is 1. The van der Waals surface area contributed by atoms with E-state index < -0.39 is 12.5 Å². The lowest BCUT2D eigenvalue weighted by molar-refractivity contribution is -0.384. The highest BCUT2D eigenvalue weighted by Gasteiger charge is 2.22. The van der Waals surface area contributed by atoms with Gasteiger partial charge >= 0.3 is 7.60 Å². The zero-order chi connectivity index (χ0) is 14.6. The molecule has 0 aliphatic heterocycles. The van der Waals surface area contributed by atoms with E-state index in [1.807, 2.05) is 0 Å². The Morgan fingerprint density at radius 1 is 1.10 bits per heavy atom. The first-order valence-electron chi connectivity index (χ1n) is 5.76. The third-order valence-corrected chi connectivity index (χ3v) is 3.78. The van der Waals surface area contributed by atoms with E-state index in [1.165, 1.54) is 24.3 Å². The molecule has 0 heterocycles. The smallest absolute Gasteiger partial charge is 0.380 e. The van der Waals surface area contributed by atoms with Gasteiger partial charge in [0.25, 0.3) is 5.69 Å². The molecule has 2 aromatic carbocycles. The predicted octanol–water partition coefficient (Wildman–Crippen LogP) is 3.36. The second-order valence-electron chi connectivity index (χ2n) is 4.12. The molecule has 1 atom stereocenters. The molecule has 20 heavy (non-hydrogen) atoms. The molecular formula is C13H12NO5P. The predicted molar refractivity (Wildman–Crippen MR) is 73.7 cm³/mol. The fourth-order valence-corrected chi connectivity index (χ4v) is 2.82. The fourth-order valence-electron chi connectivity index (χ4n) is 1.63. The number of nitro benzene ring substituents is 1. The van der Waals surface area contributed by atoms with Crippen LogP contribution in [0.3, 0.4) is 0 Å². The van der Waals surface area contributed by atoms with Crippen molar-refractivity contribution in [3.8, 4) is 5.75 Å². The number of nitrogens with zero attached hydrogens (tertiary/aromatic N) is 1. The molecule has 7 heteroatoms. The Morgan fingerprint density at radius 2 is 1.70 bits per heavy atom. The summed E-state index contributed by atoms with van der Waals surface area (Å²) in [6.07, 6.45) is -0.208. The van der Waals surface area contributed by atoms with Crippen molar-refractivity contribution in [3.05, 3.63) is 70.3 Å². The minimum absolute atomic E-state index is 0.0644. The summed E-state index contributed by atoms with van der Waals surface area (Å²) in [6, 6.07) is 13.8. The number of rotatable bonds is 5. The van der Waals surface area contributed by atoms with Crippen LogP contribution in [0.1, 0.15) is 5.56 Å². The highest BCUT2D eigenvalue weighted by Crippen LogP contribution is 2.46. The zero-order valence-corrected chi connectivity index (χ0v) is 11.3. The molecule has 0 saturated carbocycles. The Labute approximate surface area is 115 Å². The summed E-state index contributed by atoms with van der Waals surface area (Å²) < 4.78 is 17.0. The van der Waals surface area contributed by atoms with E-state index in [0.717, 1.165) is 0 Å². The fraction of sp³-hybridized carbons (Fsp3) is 0.0769. The normalized spacial score (nSPS) is 13.4. The lowest BCUT2D eigenvalue weighted by atomic mass is 10.2. The molecule has 6 nitrogen and oxygen atoms in total. The highest BCUT2D eigenvalue weighted by atomic mass is 31.2. The summed E-state index contributed by atoms with van der Waals surface area (Å²) in [5.74, 6) is 0.306. The van der Waals surface area contributed by atoms with Crippen LogP contribution in [-0.2, 0) is 10.7 Å².